The molecule has 210 valence electrons. The van der Waals surface area contributed by atoms with E-state index in [4.69, 9.17) is 14.2 Å². The number of halogens is 1. The van der Waals surface area contributed by atoms with Crippen LogP contribution < -0.4 is 13.8 Å². The molecule has 1 saturated heterocycles. The van der Waals surface area contributed by atoms with E-state index in [1.54, 1.807) is 43.5 Å². The second-order valence-electron chi connectivity index (χ2n) is 9.32. The number of nitrogens with zero attached hydrogens (tertiary/aromatic N) is 5. The van der Waals surface area contributed by atoms with Crippen LogP contribution in [0.3, 0.4) is 0 Å². The average molecular weight is 578 g/mol. The average Bonchev–Trinajstić information content (AvgIpc) is 3.22. The van der Waals surface area contributed by atoms with E-state index in [9.17, 15) is 13.2 Å². The van der Waals surface area contributed by atoms with E-state index < -0.39 is 22.0 Å². The summed E-state index contributed by atoms with van der Waals surface area (Å²) >= 11 is 0. The van der Waals surface area contributed by atoms with Crippen molar-refractivity contribution in [2.24, 2.45) is 0 Å². The highest BCUT2D eigenvalue weighted by Gasteiger charge is 2.46. The molecule has 1 aromatic heterocycles. The van der Waals surface area contributed by atoms with Gasteiger partial charge in [0.1, 0.15) is 12.2 Å². The van der Waals surface area contributed by atoms with Gasteiger partial charge in [0, 0.05) is 45.2 Å². The molecule has 0 aliphatic carbocycles. The van der Waals surface area contributed by atoms with Crippen molar-refractivity contribution >= 4 is 45.1 Å². The van der Waals surface area contributed by atoms with Crippen LogP contribution in [0.1, 0.15) is 23.6 Å². The minimum atomic E-state index is -4.06. The SMILES string of the molecule is COc1cc2c(C3C(=O)N(S(=O)(=O)N(C)C)c4ccccc43)ncnc2cc1OCCCN1CCOCC1.Cl. The Bertz CT molecular complexity index is 1450. The maximum absolute atomic E-state index is 13.7. The van der Waals surface area contributed by atoms with Gasteiger partial charge in [0.05, 0.1) is 43.8 Å². The van der Waals surface area contributed by atoms with Gasteiger partial charge in [0.15, 0.2) is 11.5 Å². The molecular weight excluding hydrogens is 546 g/mol. The molecule has 5 rings (SSSR count). The van der Waals surface area contributed by atoms with Crippen LogP contribution in [0, 0.1) is 0 Å². The number of anilines is 1. The molecule has 13 heteroatoms. The van der Waals surface area contributed by atoms with Crippen LogP contribution in [0.4, 0.5) is 5.69 Å². The predicted molar refractivity (Wildman–Crippen MR) is 149 cm³/mol. The van der Waals surface area contributed by atoms with Gasteiger partial charge in [-0.3, -0.25) is 9.69 Å². The third-order valence-corrected chi connectivity index (χ3v) is 8.57. The van der Waals surface area contributed by atoms with Crippen LogP contribution in [-0.2, 0) is 19.7 Å². The van der Waals surface area contributed by atoms with Gasteiger partial charge < -0.3 is 14.2 Å². The molecule has 2 aliphatic rings. The van der Waals surface area contributed by atoms with Crippen LogP contribution >= 0.6 is 12.4 Å². The van der Waals surface area contributed by atoms with Gasteiger partial charge in [-0.05, 0) is 24.1 Å². The van der Waals surface area contributed by atoms with Gasteiger partial charge in [0.25, 0.3) is 5.91 Å². The number of rotatable bonds is 9. The van der Waals surface area contributed by atoms with Crippen molar-refractivity contribution < 1.29 is 27.4 Å². The molecule has 1 unspecified atom stereocenters. The lowest BCUT2D eigenvalue weighted by Gasteiger charge is -2.26. The number of hydrogen-bond donors (Lipinski definition) is 0. The number of benzene rings is 2. The number of methoxy groups -OCH3 is 1. The Hall–Kier alpha value is -3.03. The first-order chi connectivity index (χ1) is 18.3. The topological polar surface area (TPSA) is 114 Å². The molecule has 0 bridgehead atoms. The standard InChI is InChI=1S/C26H31N5O6S.ClH/c1-29(2)38(33,34)31-21-8-5-4-7-18(21)24(26(31)32)25-19-15-22(35-3)23(16-20(19)27-17-28-25)37-12-6-9-30-10-13-36-14-11-30;/h4-5,7-8,15-17,24H,6,9-14H2,1-3H3;1H. The molecule has 0 spiro atoms. The summed E-state index contributed by atoms with van der Waals surface area (Å²) < 4.78 is 45.1. The maximum Gasteiger partial charge on any atom is 0.310 e. The van der Waals surface area contributed by atoms with Crippen molar-refractivity contribution in [1.29, 1.82) is 0 Å². The van der Waals surface area contributed by atoms with Crippen LogP contribution in [0.5, 0.6) is 11.5 Å². The smallest absolute Gasteiger partial charge is 0.310 e. The van der Waals surface area contributed by atoms with E-state index in [2.05, 4.69) is 14.9 Å². The fraction of sp³-hybridized carbons (Fsp3) is 0.423. The third-order valence-electron chi connectivity index (χ3n) is 6.81. The van der Waals surface area contributed by atoms with E-state index >= 15 is 0 Å². The Labute approximate surface area is 234 Å². The molecule has 2 aliphatic heterocycles. The predicted octanol–water partition coefficient (Wildman–Crippen LogP) is 2.45. The molecule has 0 saturated carbocycles. The molecule has 11 nitrogen and oxygen atoms in total. The van der Waals surface area contributed by atoms with Crippen molar-refractivity contribution in [3.05, 3.63) is 54.0 Å². The number of aromatic nitrogens is 2. The zero-order chi connectivity index (χ0) is 26.9. The van der Waals surface area contributed by atoms with E-state index in [1.807, 2.05) is 0 Å². The summed E-state index contributed by atoms with van der Waals surface area (Å²) in [5.74, 6) is -0.489. The van der Waals surface area contributed by atoms with E-state index in [0.717, 1.165) is 47.9 Å². The number of carbonyl (C=O) groups excluding carboxylic acids is 1. The highest BCUT2D eigenvalue weighted by atomic mass is 35.5. The van der Waals surface area contributed by atoms with Crippen molar-refractivity contribution in [2.75, 3.05) is 65.0 Å². The Morgan fingerprint density at radius 2 is 1.85 bits per heavy atom. The van der Waals surface area contributed by atoms with Crippen molar-refractivity contribution in [3.63, 3.8) is 0 Å². The molecule has 3 heterocycles. The normalized spacial score (nSPS) is 17.8. The summed E-state index contributed by atoms with van der Waals surface area (Å²) in [6, 6.07) is 10.4. The monoisotopic (exact) mass is 577 g/mol. The second kappa shape index (κ2) is 12.0. The lowest BCUT2D eigenvalue weighted by Crippen LogP contribution is -2.42. The van der Waals surface area contributed by atoms with Crippen molar-refractivity contribution in [1.82, 2.24) is 19.2 Å². The summed E-state index contributed by atoms with van der Waals surface area (Å²) in [5, 5.41) is 0.585. The van der Waals surface area contributed by atoms with Gasteiger partial charge in [0.2, 0.25) is 0 Å². The second-order valence-corrected chi connectivity index (χ2v) is 11.3. The van der Waals surface area contributed by atoms with Gasteiger partial charge in [-0.2, -0.15) is 17.0 Å². The van der Waals surface area contributed by atoms with E-state index in [-0.39, 0.29) is 12.4 Å². The first-order valence-corrected chi connectivity index (χ1v) is 13.8. The fourth-order valence-corrected chi connectivity index (χ4v) is 5.91. The first-order valence-electron chi connectivity index (χ1n) is 12.4. The van der Waals surface area contributed by atoms with E-state index in [1.165, 1.54) is 20.4 Å². The summed E-state index contributed by atoms with van der Waals surface area (Å²) in [5.41, 5.74) is 1.85. The van der Waals surface area contributed by atoms with Crippen LogP contribution in [-0.4, -0.2) is 94.2 Å². The van der Waals surface area contributed by atoms with Gasteiger partial charge in [-0.1, -0.05) is 18.2 Å². The molecular formula is C26H32ClN5O6S. The lowest BCUT2D eigenvalue weighted by atomic mass is 9.94. The number of fused-ring (bicyclic) bond motifs is 2. The molecule has 39 heavy (non-hydrogen) atoms. The van der Waals surface area contributed by atoms with Gasteiger partial charge in [-0.15, -0.1) is 12.4 Å². The lowest BCUT2D eigenvalue weighted by molar-refractivity contribution is -0.117. The summed E-state index contributed by atoms with van der Waals surface area (Å²) in [6.45, 7) is 4.79. The molecule has 1 amide bonds. The van der Waals surface area contributed by atoms with Gasteiger partial charge >= 0.3 is 10.2 Å². The highest BCUT2D eigenvalue weighted by Crippen LogP contribution is 2.44. The van der Waals surface area contributed by atoms with Crippen molar-refractivity contribution in [3.8, 4) is 11.5 Å². The highest BCUT2D eigenvalue weighted by molar-refractivity contribution is 7.91. The molecule has 0 radical (unpaired) electrons. The quantitative estimate of drug-likeness (QED) is 0.354. The Balaban J connectivity index is 0.00000353. The minimum absolute atomic E-state index is 0. The number of carbonyl (C=O) groups is 1. The molecule has 1 atom stereocenters. The largest absolute Gasteiger partial charge is 0.493 e. The number of ether oxygens (including phenoxy) is 3. The summed E-state index contributed by atoms with van der Waals surface area (Å²) in [7, 11) is 0.282. The van der Waals surface area contributed by atoms with Crippen LogP contribution in [0.15, 0.2) is 42.7 Å². The molecule has 3 aromatic rings. The third kappa shape index (κ3) is 5.52. The Morgan fingerprint density at radius 3 is 2.56 bits per heavy atom. The Kier molecular flexibility index (Phi) is 8.92. The summed E-state index contributed by atoms with van der Waals surface area (Å²) in [6.07, 6.45) is 2.23. The minimum Gasteiger partial charge on any atom is -0.493 e. The van der Waals surface area contributed by atoms with Crippen LogP contribution in [0.2, 0.25) is 0 Å². The Morgan fingerprint density at radius 1 is 1.10 bits per heavy atom. The van der Waals surface area contributed by atoms with Crippen LogP contribution in [0.25, 0.3) is 10.9 Å². The van der Waals surface area contributed by atoms with E-state index in [0.29, 0.717) is 46.0 Å². The summed E-state index contributed by atoms with van der Waals surface area (Å²) in [4.78, 5) is 24.9. The number of para-hydroxylation sites is 1. The van der Waals surface area contributed by atoms with Gasteiger partial charge in [-0.25, -0.2) is 9.97 Å². The molecule has 0 N–H and O–H groups in total. The van der Waals surface area contributed by atoms with Crippen molar-refractivity contribution in [2.45, 2.75) is 12.3 Å². The number of amides is 1. The molecule has 1 fully saturated rings. The maximum atomic E-state index is 13.7. The molecule has 2 aromatic carbocycles. The zero-order valence-electron chi connectivity index (χ0n) is 22.1. The zero-order valence-corrected chi connectivity index (χ0v) is 23.7. The number of morpholine rings is 1. The fourth-order valence-electron chi connectivity index (χ4n) is 4.83. The number of hydrogen-bond acceptors (Lipinski definition) is 9. The first kappa shape index (κ1) is 29.0.